The van der Waals surface area contributed by atoms with E-state index in [0.29, 0.717) is 15.7 Å². The van der Waals surface area contributed by atoms with Crippen molar-refractivity contribution in [1.29, 1.82) is 0 Å². The van der Waals surface area contributed by atoms with Crippen LogP contribution < -0.4 is 0 Å². The molecule has 0 amide bonds. The van der Waals surface area contributed by atoms with Crippen molar-refractivity contribution >= 4 is 31.7 Å². The van der Waals surface area contributed by atoms with Crippen LogP contribution in [0.5, 0.6) is 0 Å². The topological polar surface area (TPSA) is 84.3 Å². The number of aromatic carboxylic acids is 1. The smallest absolute Gasteiger partial charge is 0.335 e. The van der Waals surface area contributed by atoms with Crippen molar-refractivity contribution in [3.05, 3.63) is 57.8 Å². The van der Waals surface area contributed by atoms with Crippen molar-refractivity contribution < 1.29 is 18.3 Å². The minimum atomic E-state index is -3.68. The lowest BCUT2D eigenvalue weighted by atomic mass is 10.1. The average Bonchev–Trinajstić information content (AvgIpc) is 2.41. The van der Waals surface area contributed by atoms with E-state index in [1.165, 1.54) is 18.3 Å². The van der Waals surface area contributed by atoms with Gasteiger partial charge in [0, 0.05) is 10.7 Å². The molecule has 0 saturated carbocycles. The van der Waals surface area contributed by atoms with Gasteiger partial charge in [-0.3, -0.25) is 4.98 Å². The van der Waals surface area contributed by atoms with Gasteiger partial charge < -0.3 is 5.11 Å². The number of nitrogens with zero attached hydrogens (tertiary/aromatic N) is 1. The van der Waals surface area contributed by atoms with Crippen LogP contribution in [0.4, 0.5) is 0 Å². The number of aromatic nitrogens is 1. The van der Waals surface area contributed by atoms with E-state index in [-0.39, 0.29) is 16.2 Å². The Kier molecular flexibility index (Phi) is 4.43. The first-order valence-corrected chi connectivity index (χ1v) is 8.42. The van der Waals surface area contributed by atoms with Gasteiger partial charge in [-0.05, 0) is 36.8 Å². The number of rotatable bonds is 4. The maximum absolute atomic E-state index is 12.5. The van der Waals surface area contributed by atoms with Gasteiger partial charge in [0.05, 0.1) is 21.9 Å². The number of pyridine rings is 1. The molecule has 7 heteroatoms. The van der Waals surface area contributed by atoms with E-state index in [2.05, 4.69) is 20.9 Å². The third-order valence-electron chi connectivity index (χ3n) is 2.94. The zero-order chi connectivity index (χ0) is 15.6. The number of hydrogen-bond donors (Lipinski definition) is 1. The van der Waals surface area contributed by atoms with E-state index in [9.17, 15) is 13.2 Å². The molecule has 0 saturated heterocycles. The standard InChI is InChI=1S/C14H12BrNO4S/c1-9-12(15)6-10(14(17)18)7-13(9)21(19,20)8-11-4-2-3-5-16-11/h2-7H,8H2,1H3,(H,17,18). The molecule has 0 aliphatic carbocycles. The second kappa shape index (κ2) is 5.95. The summed E-state index contributed by atoms with van der Waals surface area (Å²) >= 11 is 3.20. The van der Waals surface area contributed by atoms with Crippen molar-refractivity contribution in [3.8, 4) is 0 Å². The van der Waals surface area contributed by atoms with E-state index >= 15 is 0 Å². The van der Waals surface area contributed by atoms with Crippen LogP contribution in [0.3, 0.4) is 0 Å². The largest absolute Gasteiger partial charge is 0.478 e. The zero-order valence-electron chi connectivity index (χ0n) is 11.1. The third-order valence-corrected chi connectivity index (χ3v) is 5.54. The number of carboxylic acid groups (broad SMARTS) is 1. The predicted molar refractivity (Wildman–Crippen MR) is 81.0 cm³/mol. The van der Waals surface area contributed by atoms with E-state index in [1.807, 2.05) is 0 Å². The molecule has 2 aromatic rings. The van der Waals surface area contributed by atoms with Crippen LogP contribution in [0.1, 0.15) is 21.6 Å². The van der Waals surface area contributed by atoms with Crippen molar-refractivity contribution in [2.45, 2.75) is 17.6 Å². The Bertz CT molecular complexity index is 788. The highest BCUT2D eigenvalue weighted by atomic mass is 79.9. The monoisotopic (exact) mass is 369 g/mol. The summed E-state index contributed by atoms with van der Waals surface area (Å²) in [6, 6.07) is 7.58. The minimum absolute atomic E-state index is 0.0000666. The molecule has 0 radical (unpaired) electrons. The highest BCUT2D eigenvalue weighted by Crippen LogP contribution is 2.28. The van der Waals surface area contributed by atoms with Crippen LogP contribution in [0, 0.1) is 6.92 Å². The SMILES string of the molecule is Cc1c(Br)cc(C(=O)O)cc1S(=O)(=O)Cc1ccccn1. The minimum Gasteiger partial charge on any atom is -0.478 e. The first-order valence-electron chi connectivity index (χ1n) is 5.97. The Labute approximate surface area is 130 Å². The second-order valence-electron chi connectivity index (χ2n) is 4.47. The van der Waals surface area contributed by atoms with Gasteiger partial charge in [-0.15, -0.1) is 0 Å². The van der Waals surface area contributed by atoms with Crippen molar-refractivity contribution in [1.82, 2.24) is 4.98 Å². The Morgan fingerprint density at radius 3 is 2.62 bits per heavy atom. The normalized spacial score (nSPS) is 11.3. The average molecular weight is 370 g/mol. The molecule has 0 unspecified atom stereocenters. The maximum Gasteiger partial charge on any atom is 0.335 e. The molecule has 0 atom stereocenters. The molecular weight excluding hydrogens is 358 g/mol. The molecule has 2 rings (SSSR count). The van der Waals surface area contributed by atoms with Gasteiger partial charge in [-0.1, -0.05) is 22.0 Å². The maximum atomic E-state index is 12.5. The van der Waals surface area contributed by atoms with Gasteiger partial charge in [0.15, 0.2) is 9.84 Å². The zero-order valence-corrected chi connectivity index (χ0v) is 13.5. The summed E-state index contributed by atoms with van der Waals surface area (Å²) in [4.78, 5) is 15.1. The van der Waals surface area contributed by atoms with Gasteiger partial charge in [0.25, 0.3) is 0 Å². The van der Waals surface area contributed by atoms with Crippen LogP contribution in [-0.4, -0.2) is 24.5 Å². The molecule has 0 spiro atoms. The highest BCUT2D eigenvalue weighted by molar-refractivity contribution is 9.10. The number of carboxylic acids is 1. The first kappa shape index (κ1) is 15.7. The summed E-state index contributed by atoms with van der Waals surface area (Å²) < 4.78 is 25.4. The second-order valence-corrected chi connectivity index (χ2v) is 7.28. The number of halogens is 1. The lowest BCUT2D eigenvalue weighted by molar-refractivity contribution is 0.0696. The van der Waals surface area contributed by atoms with Crippen LogP contribution in [0.15, 0.2) is 45.9 Å². The van der Waals surface area contributed by atoms with Gasteiger partial charge in [-0.2, -0.15) is 0 Å². The van der Waals surface area contributed by atoms with Crippen LogP contribution in [-0.2, 0) is 15.6 Å². The fourth-order valence-corrected chi connectivity index (χ4v) is 4.05. The molecule has 0 bridgehead atoms. The molecule has 0 aliphatic rings. The van der Waals surface area contributed by atoms with Gasteiger partial charge in [0.2, 0.25) is 0 Å². The molecule has 21 heavy (non-hydrogen) atoms. The molecule has 1 aromatic heterocycles. The summed E-state index contributed by atoms with van der Waals surface area (Å²) in [5.74, 6) is -1.45. The molecule has 5 nitrogen and oxygen atoms in total. The van der Waals surface area contributed by atoms with E-state index < -0.39 is 15.8 Å². The van der Waals surface area contributed by atoms with Crippen LogP contribution in [0.2, 0.25) is 0 Å². The molecule has 1 N–H and O–H groups in total. The highest BCUT2D eigenvalue weighted by Gasteiger charge is 2.22. The number of carbonyl (C=O) groups is 1. The Balaban J connectivity index is 2.52. The molecule has 0 aliphatic heterocycles. The van der Waals surface area contributed by atoms with E-state index in [4.69, 9.17) is 5.11 Å². The van der Waals surface area contributed by atoms with Crippen LogP contribution in [0.25, 0.3) is 0 Å². The Hall–Kier alpha value is -1.73. The quantitative estimate of drug-likeness (QED) is 0.895. The summed E-state index contributed by atoms with van der Waals surface area (Å²) in [5.41, 5.74) is 0.816. The summed E-state index contributed by atoms with van der Waals surface area (Å²) in [6.07, 6.45) is 1.52. The molecule has 1 aromatic carbocycles. The molecule has 110 valence electrons. The number of sulfone groups is 1. The van der Waals surface area contributed by atoms with Gasteiger partial charge in [0.1, 0.15) is 0 Å². The number of benzene rings is 1. The van der Waals surface area contributed by atoms with Gasteiger partial charge >= 0.3 is 5.97 Å². The number of hydrogen-bond acceptors (Lipinski definition) is 4. The van der Waals surface area contributed by atoms with Crippen LogP contribution >= 0.6 is 15.9 Å². The predicted octanol–water partition coefficient (Wildman–Crippen LogP) is 2.82. The lowest BCUT2D eigenvalue weighted by Gasteiger charge is -2.10. The van der Waals surface area contributed by atoms with Crippen molar-refractivity contribution in [2.24, 2.45) is 0 Å². The first-order chi connectivity index (χ1) is 9.81. The molecular formula is C14H12BrNO4S. The Morgan fingerprint density at radius 2 is 2.05 bits per heavy atom. The third kappa shape index (κ3) is 3.48. The van der Waals surface area contributed by atoms with E-state index in [0.717, 1.165) is 0 Å². The van der Waals surface area contributed by atoms with Crippen molar-refractivity contribution in [2.75, 3.05) is 0 Å². The van der Waals surface area contributed by atoms with Crippen molar-refractivity contribution in [3.63, 3.8) is 0 Å². The van der Waals surface area contributed by atoms with Gasteiger partial charge in [-0.25, -0.2) is 13.2 Å². The van der Waals surface area contributed by atoms with E-state index in [1.54, 1.807) is 25.1 Å². The Morgan fingerprint density at radius 1 is 1.33 bits per heavy atom. The summed E-state index contributed by atoms with van der Waals surface area (Å²) in [7, 11) is -3.68. The lowest BCUT2D eigenvalue weighted by Crippen LogP contribution is -2.10. The fraction of sp³-hybridized carbons (Fsp3) is 0.143. The molecule has 1 heterocycles. The summed E-state index contributed by atoms with van der Waals surface area (Å²) in [5, 5.41) is 9.05. The summed E-state index contributed by atoms with van der Waals surface area (Å²) in [6.45, 7) is 1.63. The molecule has 0 fully saturated rings. The fourth-order valence-electron chi connectivity index (χ4n) is 1.86.